The van der Waals surface area contributed by atoms with Crippen LogP contribution in [0.4, 0.5) is 11.4 Å². The molecule has 0 atom stereocenters. The van der Waals surface area contributed by atoms with Gasteiger partial charge in [-0.15, -0.1) is 11.3 Å². The highest BCUT2D eigenvalue weighted by atomic mass is 35.5. The van der Waals surface area contributed by atoms with Gasteiger partial charge in [-0.2, -0.15) is 5.26 Å². The first-order chi connectivity index (χ1) is 11.2. The van der Waals surface area contributed by atoms with E-state index in [0.29, 0.717) is 16.2 Å². The Kier molecular flexibility index (Phi) is 6.22. The summed E-state index contributed by atoms with van der Waals surface area (Å²) in [5.41, 5.74) is 2.68. The normalized spacial score (nSPS) is 9.87. The van der Waals surface area contributed by atoms with Crippen LogP contribution in [0.25, 0.3) is 10.3 Å². The van der Waals surface area contributed by atoms with E-state index in [1.807, 2.05) is 38.3 Å². The molecule has 0 radical (unpaired) electrons. The number of nitrogens with one attached hydrogen (secondary N) is 1. The summed E-state index contributed by atoms with van der Waals surface area (Å²) >= 11 is 9.08. The molecule has 0 amide bonds. The quantitative estimate of drug-likeness (QED) is 0.605. The largest absolute Gasteiger partial charge is 0.353 e. The second kappa shape index (κ2) is 8.16. The summed E-state index contributed by atoms with van der Waals surface area (Å²) < 4.78 is 1.79. The summed E-state index contributed by atoms with van der Waals surface area (Å²) in [5, 5.41) is 13.2. The standard InChI is InChI=1S/C14H9ClN4S2.C2H6/c1-20-14-19-13-12(21-14)11(8(6-16)7-17-13)18-10-4-2-3-9(15)5-10;1-2/h2-5,7H,1H3,(H,17,18);1-2H3. The third-order valence-electron chi connectivity index (χ3n) is 2.79. The third-order valence-corrected chi connectivity index (χ3v) is 5.07. The van der Waals surface area contributed by atoms with Crippen molar-refractivity contribution in [2.24, 2.45) is 0 Å². The summed E-state index contributed by atoms with van der Waals surface area (Å²) in [6.07, 6.45) is 3.51. The van der Waals surface area contributed by atoms with Gasteiger partial charge in [0.1, 0.15) is 6.07 Å². The zero-order valence-electron chi connectivity index (χ0n) is 12.9. The molecule has 23 heavy (non-hydrogen) atoms. The lowest BCUT2D eigenvalue weighted by atomic mass is 10.2. The van der Waals surface area contributed by atoms with Crippen molar-refractivity contribution in [2.45, 2.75) is 18.2 Å². The molecular formula is C16H15ClN4S2. The van der Waals surface area contributed by atoms with E-state index in [4.69, 9.17) is 11.6 Å². The predicted molar refractivity (Wildman–Crippen MR) is 100.0 cm³/mol. The number of benzene rings is 1. The number of thioether (sulfide) groups is 1. The Labute approximate surface area is 148 Å². The Hall–Kier alpha value is -1.81. The van der Waals surface area contributed by atoms with Gasteiger partial charge in [0, 0.05) is 16.9 Å². The molecule has 3 rings (SSSR count). The number of anilines is 2. The number of fused-ring (bicyclic) bond motifs is 1. The second-order valence-electron chi connectivity index (χ2n) is 4.13. The molecule has 0 spiro atoms. The predicted octanol–water partition coefficient (Wildman–Crippen LogP) is 5.71. The van der Waals surface area contributed by atoms with Crippen molar-refractivity contribution in [3.05, 3.63) is 41.0 Å². The molecule has 0 unspecified atom stereocenters. The summed E-state index contributed by atoms with van der Waals surface area (Å²) in [6, 6.07) is 9.53. The minimum Gasteiger partial charge on any atom is -0.353 e. The topological polar surface area (TPSA) is 61.6 Å². The van der Waals surface area contributed by atoms with Gasteiger partial charge in [-0.1, -0.05) is 43.3 Å². The fraction of sp³-hybridized carbons (Fsp3) is 0.188. The highest BCUT2D eigenvalue weighted by Crippen LogP contribution is 2.36. The molecule has 0 bridgehead atoms. The van der Waals surface area contributed by atoms with Crippen LogP contribution in [-0.2, 0) is 0 Å². The molecule has 0 fully saturated rings. The van der Waals surface area contributed by atoms with Gasteiger partial charge in [0.2, 0.25) is 0 Å². The second-order valence-corrected chi connectivity index (χ2v) is 6.62. The van der Waals surface area contributed by atoms with E-state index in [0.717, 1.165) is 20.4 Å². The molecular weight excluding hydrogens is 348 g/mol. The first kappa shape index (κ1) is 17.5. The van der Waals surface area contributed by atoms with Gasteiger partial charge in [0.05, 0.1) is 16.0 Å². The molecule has 0 aliphatic rings. The Morgan fingerprint density at radius 3 is 2.78 bits per heavy atom. The van der Waals surface area contributed by atoms with Gasteiger partial charge in [-0.3, -0.25) is 0 Å². The Morgan fingerprint density at radius 2 is 2.13 bits per heavy atom. The monoisotopic (exact) mass is 362 g/mol. The van der Waals surface area contributed by atoms with Crippen molar-refractivity contribution in [1.29, 1.82) is 5.26 Å². The number of halogens is 1. The van der Waals surface area contributed by atoms with Gasteiger partial charge in [-0.25, -0.2) is 9.97 Å². The van der Waals surface area contributed by atoms with Crippen LogP contribution in [-0.4, -0.2) is 16.2 Å². The number of nitrogens with zero attached hydrogens (tertiary/aromatic N) is 3. The minimum atomic E-state index is 0.485. The van der Waals surface area contributed by atoms with Crippen LogP contribution < -0.4 is 5.32 Å². The van der Waals surface area contributed by atoms with Crippen LogP contribution in [0.5, 0.6) is 0 Å². The molecule has 0 saturated heterocycles. The number of hydrogen-bond acceptors (Lipinski definition) is 6. The van der Waals surface area contributed by atoms with Gasteiger partial charge < -0.3 is 5.32 Å². The van der Waals surface area contributed by atoms with Crippen LogP contribution >= 0.6 is 34.7 Å². The molecule has 1 aromatic carbocycles. The maximum atomic E-state index is 9.30. The number of aromatic nitrogens is 2. The van der Waals surface area contributed by atoms with Crippen LogP contribution in [0, 0.1) is 11.3 Å². The number of hydrogen-bond donors (Lipinski definition) is 1. The number of pyridine rings is 1. The van der Waals surface area contributed by atoms with Crippen LogP contribution in [0.3, 0.4) is 0 Å². The van der Waals surface area contributed by atoms with E-state index in [1.54, 1.807) is 24.0 Å². The highest BCUT2D eigenvalue weighted by molar-refractivity contribution is 8.00. The summed E-state index contributed by atoms with van der Waals surface area (Å²) in [5.74, 6) is 0. The summed E-state index contributed by atoms with van der Waals surface area (Å²) in [4.78, 5) is 8.66. The van der Waals surface area contributed by atoms with Gasteiger partial charge >= 0.3 is 0 Å². The first-order valence-corrected chi connectivity index (χ1v) is 9.39. The Bertz CT molecular complexity index is 855. The van der Waals surface area contributed by atoms with E-state index < -0.39 is 0 Å². The average molecular weight is 363 g/mol. The minimum absolute atomic E-state index is 0.485. The molecule has 2 aromatic heterocycles. The van der Waals surface area contributed by atoms with Crippen molar-refractivity contribution >= 4 is 56.4 Å². The van der Waals surface area contributed by atoms with Crippen molar-refractivity contribution in [2.75, 3.05) is 11.6 Å². The molecule has 7 heteroatoms. The Morgan fingerprint density at radius 1 is 1.35 bits per heavy atom. The van der Waals surface area contributed by atoms with Gasteiger partial charge in [0.25, 0.3) is 0 Å². The highest BCUT2D eigenvalue weighted by Gasteiger charge is 2.14. The van der Waals surface area contributed by atoms with E-state index in [-0.39, 0.29) is 0 Å². The van der Waals surface area contributed by atoms with Crippen LogP contribution in [0.15, 0.2) is 34.8 Å². The van der Waals surface area contributed by atoms with Crippen molar-refractivity contribution in [3.8, 4) is 6.07 Å². The lowest BCUT2D eigenvalue weighted by Crippen LogP contribution is -1.95. The lowest BCUT2D eigenvalue weighted by Gasteiger charge is -2.08. The van der Waals surface area contributed by atoms with Crippen molar-refractivity contribution < 1.29 is 0 Å². The molecule has 118 valence electrons. The zero-order valence-corrected chi connectivity index (χ0v) is 15.3. The van der Waals surface area contributed by atoms with Crippen molar-refractivity contribution in [3.63, 3.8) is 0 Å². The zero-order chi connectivity index (χ0) is 16.8. The molecule has 0 aliphatic heterocycles. The van der Waals surface area contributed by atoms with Crippen molar-refractivity contribution in [1.82, 2.24) is 9.97 Å². The maximum Gasteiger partial charge on any atom is 0.173 e. The van der Waals surface area contributed by atoms with Gasteiger partial charge in [0.15, 0.2) is 9.99 Å². The van der Waals surface area contributed by atoms with Crippen LogP contribution in [0.2, 0.25) is 5.02 Å². The number of nitriles is 1. The van der Waals surface area contributed by atoms with E-state index >= 15 is 0 Å². The molecule has 0 aliphatic carbocycles. The molecule has 0 saturated carbocycles. The molecule has 4 nitrogen and oxygen atoms in total. The van der Waals surface area contributed by atoms with Crippen LogP contribution in [0.1, 0.15) is 19.4 Å². The fourth-order valence-electron chi connectivity index (χ4n) is 1.86. The molecule has 1 N–H and O–H groups in total. The summed E-state index contributed by atoms with van der Waals surface area (Å²) in [7, 11) is 0. The maximum absolute atomic E-state index is 9.30. The van der Waals surface area contributed by atoms with E-state index in [2.05, 4.69) is 21.4 Å². The Balaban J connectivity index is 0.000000924. The van der Waals surface area contributed by atoms with Gasteiger partial charge in [-0.05, 0) is 24.5 Å². The molecule has 3 aromatic rings. The number of rotatable bonds is 3. The lowest BCUT2D eigenvalue weighted by molar-refractivity contribution is 1.23. The SMILES string of the molecule is CC.CSc1nc2ncc(C#N)c(Nc3cccc(Cl)c3)c2s1. The first-order valence-electron chi connectivity index (χ1n) is 6.97. The fourth-order valence-corrected chi connectivity index (χ4v) is 3.57. The van der Waals surface area contributed by atoms with E-state index in [9.17, 15) is 5.26 Å². The smallest absolute Gasteiger partial charge is 0.173 e. The average Bonchev–Trinajstić information content (AvgIpc) is 3.01. The van der Waals surface area contributed by atoms with E-state index in [1.165, 1.54) is 11.3 Å². The number of thiazole rings is 1. The summed E-state index contributed by atoms with van der Waals surface area (Å²) in [6.45, 7) is 4.00. The molecule has 2 heterocycles. The third kappa shape index (κ3) is 3.94.